The van der Waals surface area contributed by atoms with E-state index in [-0.39, 0.29) is 5.96 Å². The molecule has 28 heavy (non-hydrogen) atoms. The van der Waals surface area contributed by atoms with E-state index in [1.54, 1.807) is 20.2 Å². The Morgan fingerprint density at radius 3 is 2.89 bits per heavy atom. The van der Waals surface area contributed by atoms with E-state index in [4.69, 9.17) is 21.9 Å². The van der Waals surface area contributed by atoms with Crippen LogP contribution in [0.3, 0.4) is 0 Å². The van der Waals surface area contributed by atoms with Crippen molar-refractivity contribution in [3.05, 3.63) is 40.1 Å². The van der Waals surface area contributed by atoms with Gasteiger partial charge in [-0.3, -0.25) is 9.29 Å². The van der Waals surface area contributed by atoms with Crippen LogP contribution in [0.5, 0.6) is 0 Å². The summed E-state index contributed by atoms with van der Waals surface area (Å²) in [6, 6.07) is 5.62. The number of nitrogens with two attached hydrogens (primary N) is 1. The second kappa shape index (κ2) is 6.94. The molecule has 0 saturated carbocycles. The molecule has 0 bridgehead atoms. The Balaban J connectivity index is 1.74. The smallest absolute Gasteiger partial charge is 0.276 e. The van der Waals surface area contributed by atoms with Gasteiger partial charge in [-0.25, -0.2) is 9.20 Å². The van der Waals surface area contributed by atoms with E-state index in [2.05, 4.69) is 20.1 Å². The summed E-state index contributed by atoms with van der Waals surface area (Å²) < 4.78 is 19.1. The molecule has 2 atom stereocenters. The van der Waals surface area contributed by atoms with Gasteiger partial charge in [0.05, 0.1) is 15.7 Å². The number of aromatic nitrogens is 3. The summed E-state index contributed by atoms with van der Waals surface area (Å²) in [5.41, 5.74) is 6.69. The van der Waals surface area contributed by atoms with E-state index in [1.165, 1.54) is 15.6 Å². The average Bonchev–Trinajstić information content (AvgIpc) is 3.26. The molecule has 146 valence electrons. The van der Waals surface area contributed by atoms with Crippen LogP contribution >= 0.6 is 22.9 Å². The summed E-state index contributed by atoms with van der Waals surface area (Å²) >= 11 is 8.03. The lowest BCUT2D eigenvalue weighted by atomic mass is 10.0. The number of pyridine rings is 1. The minimum absolute atomic E-state index is 0.232. The first kappa shape index (κ1) is 19.0. The van der Waals surface area contributed by atoms with Crippen LogP contribution in [-0.2, 0) is 16.5 Å². The lowest BCUT2D eigenvalue weighted by Gasteiger charge is -2.33. The number of rotatable bonds is 3. The van der Waals surface area contributed by atoms with Crippen LogP contribution in [0.1, 0.15) is 17.6 Å². The molecular formula is C17H17ClN6O2S2. The average molecular weight is 437 g/mol. The van der Waals surface area contributed by atoms with Gasteiger partial charge < -0.3 is 10.3 Å². The molecule has 8 nitrogen and oxygen atoms in total. The van der Waals surface area contributed by atoms with Gasteiger partial charge in [0, 0.05) is 18.1 Å². The van der Waals surface area contributed by atoms with Gasteiger partial charge in [0.25, 0.3) is 5.89 Å². The summed E-state index contributed by atoms with van der Waals surface area (Å²) in [4.78, 5) is 14.8. The molecule has 0 aromatic carbocycles. The van der Waals surface area contributed by atoms with E-state index in [0.717, 1.165) is 15.3 Å². The third-order valence-electron chi connectivity index (χ3n) is 4.36. The molecule has 3 aromatic rings. The van der Waals surface area contributed by atoms with Gasteiger partial charge in [0.1, 0.15) is 22.2 Å². The van der Waals surface area contributed by atoms with E-state index >= 15 is 0 Å². The number of thiophene rings is 1. The fraction of sp³-hybridized carbons (Fsp3) is 0.294. The summed E-state index contributed by atoms with van der Waals surface area (Å²) in [6.07, 6.45) is 1.68. The van der Waals surface area contributed by atoms with Crippen LogP contribution in [0.15, 0.2) is 33.9 Å². The zero-order valence-electron chi connectivity index (χ0n) is 15.3. The first-order chi connectivity index (χ1) is 13.3. The maximum atomic E-state index is 12.4. The van der Waals surface area contributed by atoms with Gasteiger partial charge in [-0.05, 0) is 37.6 Å². The first-order valence-electron chi connectivity index (χ1n) is 8.31. The number of halogens is 1. The van der Waals surface area contributed by atoms with Crippen molar-refractivity contribution in [3.8, 4) is 22.0 Å². The Morgan fingerprint density at radius 1 is 1.43 bits per heavy atom. The van der Waals surface area contributed by atoms with Crippen molar-refractivity contribution in [2.24, 2.45) is 10.7 Å². The fourth-order valence-corrected chi connectivity index (χ4v) is 5.75. The molecule has 4 rings (SSSR count). The summed E-state index contributed by atoms with van der Waals surface area (Å²) in [7, 11) is 0.394. The van der Waals surface area contributed by atoms with Crippen molar-refractivity contribution in [3.63, 3.8) is 0 Å². The van der Waals surface area contributed by atoms with E-state index in [0.29, 0.717) is 28.2 Å². The molecule has 0 fully saturated rings. The number of hydrogen-bond donors (Lipinski definition) is 1. The molecule has 0 radical (unpaired) electrons. The van der Waals surface area contributed by atoms with E-state index in [9.17, 15) is 4.21 Å². The molecule has 1 unspecified atom stereocenters. The predicted octanol–water partition coefficient (Wildman–Crippen LogP) is 2.96. The summed E-state index contributed by atoms with van der Waals surface area (Å²) in [6.45, 7) is 3.64. The predicted molar refractivity (Wildman–Crippen MR) is 110 cm³/mol. The van der Waals surface area contributed by atoms with Crippen molar-refractivity contribution in [1.82, 2.24) is 19.4 Å². The highest BCUT2D eigenvalue weighted by atomic mass is 35.5. The molecule has 1 aliphatic heterocycles. The Morgan fingerprint density at radius 2 is 2.21 bits per heavy atom. The normalized spacial score (nSPS) is 22.4. The van der Waals surface area contributed by atoms with Gasteiger partial charge >= 0.3 is 0 Å². The lowest BCUT2D eigenvalue weighted by Crippen LogP contribution is -2.47. The van der Waals surface area contributed by atoms with Gasteiger partial charge in [-0.1, -0.05) is 16.8 Å². The standard InChI is InChI=1S/C17H17ClN6O2S2/c1-9-21-15(26-23-9)12-6-10(4-5-20-12)13-7-11(18)14(27-13)17(2)8-28(25)24(3)16(19)22-17/h4-7H,8H2,1-3H3,(H2,19,22)/t17-,28?/m0/s1. The first-order valence-corrected chi connectivity index (χ1v) is 10.8. The summed E-state index contributed by atoms with van der Waals surface area (Å²) in [5, 5.41) is 4.36. The molecule has 3 aromatic heterocycles. The van der Waals surface area contributed by atoms with Gasteiger partial charge in [0.2, 0.25) is 5.96 Å². The van der Waals surface area contributed by atoms with Crippen LogP contribution in [0.2, 0.25) is 5.02 Å². The van der Waals surface area contributed by atoms with Crippen LogP contribution in [0.25, 0.3) is 22.0 Å². The molecule has 0 saturated heterocycles. The maximum absolute atomic E-state index is 12.4. The van der Waals surface area contributed by atoms with Crippen molar-refractivity contribution in [2.75, 3.05) is 12.8 Å². The monoisotopic (exact) mass is 436 g/mol. The number of aliphatic imine (C=N–C) groups is 1. The molecule has 4 heterocycles. The minimum Gasteiger partial charge on any atom is -0.369 e. The topological polar surface area (TPSA) is 110 Å². The minimum atomic E-state index is -1.27. The Bertz CT molecular complexity index is 1110. The molecule has 0 aliphatic carbocycles. The van der Waals surface area contributed by atoms with Crippen LogP contribution in [0.4, 0.5) is 0 Å². The van der Waals surface area contributed by atoms with Gasteiger partial charge in [-0.2, -0.15) is 4.98 Å². The van der Waals surface area contributed by atoms with E-state index in [1.807, 2.05) is 25.1 Å². The third-order valence-corrected chi connectivity index (χ3v) is 7.82. The number of nitrogens with zero attached hydrogens (tertiary/aromatic N) is 5. The third kappa shape index (κ3) is 3.31. The highest BCUT2D eigenvalue weighted by Gasteiger charge is 2.38. The van der Waals surface area contributed by atoms with E-state index < -0.39 is 16.5 Å². The van der Waals surface area contributed by atoms with Crippen molar-refractivity contribution < 1.29 is 8.73 Å². The molecule has 1 aliphatic rings. The molecule has 11 heteroatoms. The van der Waals surface area contributed by atoms with Gasteiger partial charge in [0.15, 0.2) is 5.82 Å². The van der Waals surface area contributed by atoms with Crippen LogP contribution < -0.4 is 5.73 Å². The largest absolute Gasteiger partial charge is 0.369 e. The number of hydrogen-bond acceptors (Lipinski definition) is 8. The van der Waals surface area contributed by atoms with Crippen molar-refractivity contribution >= 4 is 39.9 Å². The highest BCUT2D eigenvalue weighted by Crippen LogP contribution is 2.43. The Labute approximate surface area is 173 Å². The SMILES string of the molecule is Cc1noc(-c2cc(-c3cc(Cl)c([C@]4(C)CS(=O)N(C)C(N)=N4)s3)ccn2)n1. The second-order valence-corrected chi connectivity index (χ2v) is 9.51. The van der Waals surface area contributed by atoms with Crippen molar-refractivity contribution in [1.29, 1.82) is 0 Å². The number of aryl methyl sites for hydroxylation is 1. The highest BCUT2D eigenvalue weighted by molar-refractivity contribution is 7.83. The summed E-state index contributed by atoms with van der Waals surface area (Å²) in [5.74, 6) is 1.45. The zero-order chi connectivity index (χ0) is 20.1. The lowest BCUT2D eigenvalue weighted by molar-refractivity contribution is 0.424. The molecular weight excluding hydrogens is 420 g/mol. The molecule has 0 amide bonds. The zero-order valence-corrected chi connectivity index (χ0v) is 17.7. The number of guanidine groups is 1. The van der Waals surface area contributed by atoms with Crippen LogP contribution in [-0.4, -0.2) is 42.4 Å². The fourth-order valence-electron chi connectivity index (χ4n) is 2.89. The van der Waals surface area contributed by atoms with Gasteiger partial charge in [-0.15, -0.1) is 11.3 Å². The Kier molecular flexibility index (Phi) is 4.72. The van der Waals surface area contributed by atoms with Crippen molar-refractivity contribution in [2.45, 2.75) is 19.4 Å². The molecule has 0 spiro atoms. The second-order valence-electron chi connectivity index (χ2n) is 6.57. The van der Waals surface area contributed by atoms with Crippen LogP contribution in [0, 0.1) is 6.92 Å². The molecule has 2 N–H and O–H groups in total. The Hall–Kier alpha value is -2.30. The maximum Gasteiger partial charge on any atom is 0.276 e. The quantitative estimate of drug-likeness (QED) is 0.675.